The molecule has 2 rings (SSSR count). The number of carbonyl (C=O) groups is 3. The summed E-state index contributed by atoms with van der Waals surface area (Å²) in [5, 5.41) is 2.15. The Hall–Kier alpha value is -2.73. The molecule has 0 heterocycles. The minimum Gasteiger partial charge on any atom is -0.452 e. The number of hydrogen-bond donors (Lipinski definition) is 1. The summed E-state index contributed by atoms with van der Waals surface area (Å²) in [5.41, 5.74) is 1.16. The second-order valence-corrected chi connectivity index (χ2v) is 5.66. The maximum absolute atomic E-state index is 11.8. The van der Waals surface area contributed by atoms with Crippen molar-refractivity contribution in [1.29, 1.82) is 0 Å². The zero-order chi connectivity index (χ0) is 17.4. The van der Waals surface area contributed by atoms with Crippen LogP contribution in [0.2, 0.25) is 0 Å². The quantitative estimate of drug-likeness (QED) is 0.632. The van der Waals surface area contributed by atoms with E-state index in [1.54, 1.807) is 36.4 Å². The van der Waals surface area contributed by atoms with Gasteiger partial charge in [-0.05, 0) is 35.9 Å². The van der Waals surface area contributed by atoms with Gasteiger partial charge in [0.1, 0.15) is 0 Å². The lowest BCUT2D eigenvalue weighted by atomic mass is 10.2. The number of esters is 1. The molecular weight excluding hydrogens is 374 g/mol. The van der Waals surface area contributed by atoms with E-state index in [2.05, 4.69) is 21.2 Å². The summed E-state index contributed by atoms with van der Waals surface area (Å²) in [6.45, 7) is -0.528. The predicted molar refractivity (Wildman–Crippen MR) is 93.1 cm³/mol. The van der Waals surface area contributed by atoms with Gasteiger partial charge in [-0.1, -0.05) is 46.3 Å². The van der Waals surface area contributed by atoms with Gasteiger partial charge in [0.25, 0.3) is 11.8 Å². The van der Waals surface area contributed by atoms with Gasteiger partial charge in [-0.25, -0.2) is 4.79 Å². The number of ether oxygens (including phenoxy) is 1. The van der Waals surface area contributed by atoms with Crippen LogP contribution in [0.4, 0.5) is 0 Å². The minimum absolute atomic E-state index is 0.353. The molecule has 2 aromatic carbocycles. The molecule has 0 radical (unpaired) electrons. The summed E-state index contributed by atoms with van der Waals surface area (Å²) in [7, 11) is 0. The number of halogens is 1. The molecule has 1 N–H and O–H groups in total. The number of imide groups is 1. The van der Waals surface area contributed by atoms with Crippen molar-refractivity contribution in [2.45, 2.75) is 0 Å². The Balaban J connectivity index is 1.79. The van der Waals surface area contributed by atoms with Crippen LogP contribution in [0.1, 0.15) is 15.9 Å². The average Bonchev–Trinajstić information content (AvgIpc) is 2.59. The molecule has 2 amide bonds. The molecule has 0 unspecified atom stereocenters. The van der Waals surface area contributed by atoms with E-state index in [0.717, 1.165) is 10.0 Å². The number of amides is 2. The molecule has 2 aromatic rings. The first-order valence-electron chi connectivity index (χ1n) is 7.04. The largest absolute Gasteiger partial charge is 0.452 e. The fraction of sp³-hybridized carbons (Fsp3) is 0.0556. The predicted octanol–water partition coefficient (Wildman–Crippen LogP) is 2.96. The summed E-state index contributed by atoms with van der Waals surface area (Å²) in [5.74, 6) is -1.90. The normalized spacial score (nSPS) is 10.4. The Kier molecular flexibility index (Phi) is 6.45. The van der Waals surface area contributed by atoms with Gasteiger partial charge >= 0.3 is 5.97 Å². The van der Waals surface area contributed by atoms with Crippen molar-refractivity contribution in [1.82, 2.24) is 5.32 Å². The van der Waals surface area contributed by atoms with Crippen LogP contribution in [-0.2, 0) is 14.3 Å². The zero-order valence-electron chi connectivity index (χ0n) is 12.6. The molecule has 0 bridgehead atoms. The number of benzene rings is 2. The molecule has 0 spiro atoms. The topological polar surface area (TPSA) is 72.5 Å². The summed E-state index contributed by atoms with van der Waals surface area (Å²) >= 11 is 3.33. The first kappa shape index (κ1) is 17.6. The summed E-state index contributed by atoms with van der Waals surface area (Å²) in [4.78, 5) is 34.9. The fourth-order valence-corrected chi connectivity index (χ4v) is 2.20. The van der Waals surface area contributed by atoms with E-state index in [-0.39, 0.29) is 0 Å². The van der Waals surface area contributed by atoms with Gasteiger partial charge in [-0.3, -0.25) is 14.9 Å². The van der Waals surface area contributed by atoms with E-state index in [1.165, 1.54) is 6.08 Å². The Morgan fingerprint density at radius 2 is 1.79 bits per heavy atom. The van der Waals surface area contributed by atoms with Crippen molar-refractivity contribution in [2.24, 2.45) is 0 Å². The van der Waals surface area contributed by atoms with Crippen LogP contribution >= 0.6 is 15.9 Å². The SMILES string of the molecule is O=C(COC(=O)/C=C/c1cccc(Br)c1)NC(=O)c1ccccc1. The molecule has 0 fully saturated rings. The van der Waals surface area contributed by atoms with Crippen LogP contribution in [0.25, 0.3) is 6.08 Å². The van der Waals surface area contributed by atoms with Crippen LogP contribution < -0.4 is 5.32 Å². The maximum Gasteiger partial charge on any atom is 0.331 e. The van der Waals surface area contributed by atoms with Gasteiger partial charge in [0.05, 0.1) is 0 Å². The smallest absolute Gasteiger partial charge is 0.331 e. The monoisotopic (exact) mass is 387 g/mol. The van der Waals surface area contributed by atoms with Crippen LogP contribution in [0.15, 0.2) is 65.1 Å². The molecule has 0 aliphatic carbocycles. The second kappa shape index (κ2) is 8.79. The van der Waals surface area contributed by atoms with Gasteiger partial charge in [0.15, 0.2) is 6.61 Å². The third-order valence-corrected chi connectivity index (χ3v) is 3.39. The summed E-state index contributed by atoms with van der Waals surface area (Å²) in [6.07, 6.45) is 2.79. The third-order valence-electron chi connectivity index (χ3n) is 2.89. The molecular formula is C18H14BrNO4. The van der Waals surface area contributed by atoms with Crippen molar-refractivity contribution < 1.29 is 19.1 Å². The van der Waals surface area contributed by atoms with E-state index in [4.69, 9.17) is 4.74 Å². The van der Waals surface area contributed by atoms with Crippen LogP contribution in [0.3, 0.4) is 0 Å². The molecule has 122 valence electrons. The van der Waals surface area contributed by atoms with E-state index < -0.39 is 24.4 Å². The Morgan fingerprint density at radius 3 is 2.50 bits per heavy atom. The second-order valence-electron chi connectivity index (χ2n) is 4.74. The molecule has 0 aliphatic rings. The standard InChI is InChI=1S/C18H14BrNO4/c19-15-8-4-5-13(11-15)9-10-17(22)24-12-16(21)20-18(23)14-6-2-1-3-7-14/h1-11H,12H2,(H,20,21,23)/b10-9+. The highest BCUT2D eigenvalue weighted by Gasteiger charge is 2.11. The molecule has 0 aromatic heterocycles. The zero-order valence-corrected chi connectivity index (χ0v) is 14.2. The third kappa shape index (κ3) is 5.81. The molecule has 0 atom stereocenters. The molecule has 0 saturated carbocycles. The number of nitrogens with one attached hydrogen (secondary N) is 1. The van der Waals surface area contributed by atoms with Crippen LogP contribution in [-0.4, -0.2) is 24.4 Å². The van der Waals surface area contributed by atoms with Crippen molar-refractivity contribution >= 4 is 39.8 Å². The Labute approximate surface area is 147 Å². The maximum atomic E-state index is 11.8. The number of rotatable bonds is 5. The van der Waals surface area contributed by atoms with Gasteiger partial charge < -0.3 is 4.74 Å². The van der Waals surface area contributed by atoms with Crippen molar-refractivity contribution in [3.05, 3.63) is 76.3 Å². The van der Waals surface area contributed by atoms with Crippen LogP contribution in [0.5, 0.6) is 0 Å². The average molecular weight is 388 g/mol. The molecule has 6 heteroatoms. The van der Waals surface area contributed by atoms with Crippen molar-refractivity contribution in [3.8, 4) is 0 Å². The number of hydrogen-bond acceptors (Lipinski definition) is 4. The van der Waals surface area contributed by atoms with E-state index >= 15 is 0 Å². The Morgan fingerprint density at radius 1 is 1.04 bits per heavy atom. The first-order valence-corrected chi connectivity index (χ1v) is 7.83. The summed E-state index contributed by atoms with van der Waals surface area (Å²) < 4.78 is 5.68. The molecule has 5 nitrogen and oxygen atoms in total. The van der Waals surface area contributed by atoms with Gasteiger partial charge in [-0.2, -0.15) is 0 Å². The van der Waals surface area contributed by atoms with E-state index in [0.29, 0.717) is 5.56 Å². The summed E-state index contributed by atoms with van der Waals surface area (Å²) in [6, 6.07) is 15.6. The van der Waals surface area contributed by atoms with Gasteiger partial charge in [0.2, 0.25) is 0 Å². The highest BCUT2D eigenvalue weighted by atomic mass is 79.9. The van der Waals surface area contributed by atoms with E-state index in [9.17, 15) is 14.4 Å². The van der Waals surface area contributed by atoms with Crippen molar-refractivity contribution in [3.63, 3.8) is 0 Å². The van der Waals surface area contributed by atoms with Gasteiger partial charge in [0, 0.05) is 16.1 Å². The molecule has 0 aliphatic heterocycles. The van der Waals surface area contributed by atoms with E-state index in [1.807, 2.05) is 24.3 Å². The number of carbonyl (C=O) groups excluding carboxylic acids is 3. The first-order chi connectivity index (χ1) is 11.5. The lowest BCUT2D eigenvalue weighted by Crippen LogP contribution is -2.33. The molecule has 24 heavy (non-hydrogen) atoms. The minimum atomic E-state index is -0.687. The Bertz CT molecular complexity index is 772. The lowest BCUT2D eigenvalue weighted by Gasteiger charge is -2.04. The van der Waals surface area contributed by atoms with Crippen LogP contribution in [0, 0.1) is 0 Å². The van der Waals surface area contributed by atoms with Crippen molar-refractivity contribution in [2.75, 3.05) is 6.61 Å². The lowest BCUT2D eigenvalue weighted by molar-refractivity contribution is -0.143. The molecule has 0 saturated heterocycles. The highest BCUT2D eigenvalue weighted by molar-refractivity contribution is 9.10. The van der Waals surface area contributed by atoms with Gasteiger partial charge in [-0.15, -0.1) is 0 Å². The highest BCUT2D eigenvalue weighted by Crippen LogP contribution is 2.12. The fourth-order valence-electron chi connectivity index (χ4n) is 1.78.